The van der Waals surface area contributed by atoms with Crippen LogP contribution in [-0.4, -0.2) is 43.3 Å². The van der Waals surface area contributed by atoms with E-state index >= 15 is 0 Å². The number of nitrogens with zero attached hydrogens (tertiary/aromatic N) is 5. The molecular weight excluding hydrogens is 220 g/mol. The van der Waals surface area contributed by atoms with E-state index in [0.29, 0.717) is 23.9 Å². The van der Waals surface area contributed by atoms with Crippen molar-refractivity contribution in [3.8, 4) is 0 Å². The lowest BCUT2D eigenvalue weighted by atomic mass is 9.95. The van der Waals surface area contributed by atoms with Crippen molar-refractivity contribution in [2.45, 2.75) is 37.5 Å². The maximum Gasteiger partial charge on any atom is 0.199 e. The predicted octanol–water partition coefficient (Wildman–Crippen LogP) is 0.251. The second-order valence-electron chi connectivity index (χ2n) is 4.60. The number of nitrogens with one attached hydrogen (secondary N) is 1. The molecule has 0 amide bonds. The van der Waals surface area contributed by atoms with Gasteiger partial charge in [-0.15, -0.1) is 5.10 Å². The molecule has 4 rings (SSSR count). The van der Waals surface area contributed by atoms with E-state index < -0.39 is 0 Å². The fraction of sp³-hybridized carbons (Fsp3) is 0.600. The third-order valence-corrected chi connectivity index (χ3v) is 3.55. The summed E-state index contributed by atoms with van der Waals surface area (Å²) in [5, 5.41) is 14.9. The average Bonchev–Trinajstić information content (AvgIpc) is 3.04. The molecule has 7 nitrogen and oxygen atoms in total. The molecule has 0 saturated carbocycles. The summed E-state index contributed by atoms with van der Waals surface area (Å²) in [6.07, 6.45) is 7.53. The van der Waals surface area contributed by atoms with Crippen molar-refractivity contribution >= 4 is 11.5 Å². The molecule has 2 fully saturated rings. The van der Waals surface area contributed by atoms with E-state index in [4.69, 9.17) is 4.74 Å². The van der Waals surface area contributed by atoms with E-state index in [1.54, 1.807) is 16.9 Å². The molecule has 2 aromatic rings. The van der Waals surface area contributed by atoms with Crippen LogP contribution in [0.25, 0.3) is 5.65 Å². The van der Waals surface area contributed by atoms with E-state index in [2.05, 4.69) is 25.8 Å². The minimum atomic E-state index is 0.326. The lowest BCUT2D eigenvalue weighted by Crippen LogP contribution is -2.31. The Morgan fingerprint density at radius 3 is 3.18 bits per heavy atom. The molecule has 3 unspecified atom stereocenters. The van der Waals surface area contributed by atoms with Gasteiger partial charge in [0.25, 0.3) is 0 Å². The Morgan fingerprint density at radius 2 is 2.35 bits per heavy atom. The number of anilines is 1. The van der Waals surface area contributed by atoms with Gasteiger partial charge >= 0.3 is 0 Å². The maximum absolute atomic E-state index is 5.81. The minimum absolute atomic E-state index is 0.326. The van der Waals surface area contributed by atoms with Crippen molar-refractivity contribution in [3.05, 3.63) is 12.4 Å². The summed E-state index contributed by atoms with van der Waals surface area (Å²) in [6.45, 7) is 0. The van der Waals surface area contributed by atoms with Gasteiger partial charge in [-0.3, -0.25) is 4.98 Å². The Balaban J connectivity index is 1.65. The predicted molar refractivity (Wildman–Crippen MR) is 58.5 cm³/mol. The molecule has 88 valence electrons. The number of hydrogen-bond acceptors (Lipinski definition) is 6. The summed E-state index contributed by atoms with van der Waals surface area (Å²) >= 11 is 0. The van der Waals surface area contributed by atoms with Crippen LogP contribution in [0.1, 0.15) is 19.3 Å². The number of hydrogen-bond donors (Lipinski definition) is 1. The van der Waals surface area contributed by atoms with Gasteiger partial charge in [-0.1, -0.05) is 0 Å². The van der Waals surface area contributed by atoms with Crippen LogP contribution in [0.5, 0.6) is 0 Å². The minimum Gasteiger partial charge on any atom is -0.373 e. The van der Waals surface area contributed by atoms with E-state index in [-0.39, 0.29) is 0 Å². The molecule has 0 aromatic carbocycles. The molecule has 0 spiro atoms. The highest BCUT2D eigenvalue weighted by Gasteiger charge is 2.40. The summed E-state index contributed by atoms with van der Waals surface area (Å²) in [7, 11) is 0. The molecule has 0 radical (unpaired) electrons. The number of tetrazole rings is 1. The molecule has 17 heavy (non-hydrogen) atoms. The number of rotatable bonds is 2. The van der Waals surface area contributed by atoms with Crippen molar-refractivity contribution in [2.24, 2.45) is 0 Å². The molecule has 2 aliphatic rings. The fourth-order valence-corrected chi connectivity index (χ4v) is 2.75. The Labute approximate surface area is 97.2 Å². The first-order chi connectivity index (χ1) is 8.40. The second kappa shape index (κ2) is 3.36. The summed E-state index contributed by atoms with van der Waals surface area (Å²) in [5.74, 6) is 0.827. The standard InChI is InChI=1S/C10H12N6O/c1-2-8-7(3-6(1)17-8)12-9-4-11-5-10-13-14-15-16(9)10/h4-8,12H,1-3H2. The molecular formula is C10H12N6O. The van der Waals surface area contributed by atoms with E-state index in [1.165, 1.54) is 6.42 Å². The van der Waals surface area contributed by atoms with Crippen molar-refractivity contribution in [2.75, 3.05) is 5.32 Å². The van der Waals surface area contributed by atoms with Crippen molar-refractivity contribution < 1.29 is 4.74 Å². The average molecular weight is 232 g/mol. The van der Waals surface area contributed by atoms with Gasteiger partial charge in [-0.05, 0) is 29.7 Å². The second-order valence-corrected chi connectivity index (χ2v) is 4.60. The molecule has 3 atom stereocenters. The van der Waals surface area contributed by atoms with Gasteiger partial charge < -0.3 is 10.1 Å². The van der Waals surface area contributed by atoms with Crippen LogP contribution in [0.15, 0.2) is 12.4 Å². The van der Waals surface area contributed by atoms with Crippen molar-refractivity contribution in [3.63, 3.8) is 0 Å². The highest BCUT2D eigenvalue weighted by molar-refractivity contribution is 5.44. The maximum atomic E-state index is 5.81. The first-order valence-electron chi connectivity index (χ1n) is 5.84. The lowest BCUT2D eigenvalue weighted by Gasteiger charge is -2.20. The Kier molecular flexibility index (Phi) is 1.84. The molecule has 2 bridgehead atoms. The SMILES string of the molecule is c1ncc2nnnn2c1NC1CC2CCC1O2. The summed E-state index contributed by atoms with van der Waals surface area (Å²) in [6, 6.07) is 0.352. The number of aromatic nitrogens is 5. The number of fused-ring (bicyclic) bond motifs is 3. The van der Waals surface area contributed by atoms with Crippen LogP contribution >= 0.6 is 0 Å². The van der Waals surface area contributed by atoms with Crippen LogP contribution in [0.2, 0.25) is 0 Å². The summed E-state index contributed by atoms with van der Waals surface area (Å²) in [4.78, 5) is 4.12. The van der Waals surface area contributed by atoms with Gasteiger partial charge in [0, 0.05) is 0 Å². The van der Waals surface area contributed by atoms with Crippen molar-refractivity contribution in [1.29, 1.82) is 0 Å². The third-order valence-electron chi connectivity index (χ3n) is 3.55. The Bertz CT molecular complexity index is 554. The van der Waals surface area contributed by atoms with E-state index in [0.717, 1.165) is 18.7 Å². The van der Waals surface area contributed by atoms with Gasteiger partial charge in [0.15, 0.2) is 11.5 Å². The molecule has 1 N–H and O–H groups in total. The quantitative estimate of drug-likeness (QED) is 0.799. The van der Waals surface area contributed by atoms with Crippen LogP contribution < -0.4 is 5.32 Å². The van der Waals surface area contributed by atoms with Crippen LogP contribution in [-0.2, 0) is 4.74 Å². The monoisotopic (exact) mass is 232 g/mol. The zero-order chi connectivity index (χ0) is 11.2. The molecule has 4 heterocycles. The zero-order valence-corrected chi connectivity index (χ0v) is 9.15. The lowest BCUT2D eigenvalue weighted by molar-refractivity contribution is 0.102. The molecule has 7 heteroatoms. The van der Waals surface area contributed by atoms with Gasteiger partial charge in [0.1, 0.15) is 0 Å². The topological polar surface area (TPSA) is 77.2 Å². The fourth-order valence-electron chi connectivity index (χ4n) is 2.75. The molecule has 2 aromatic heterocycles. The van der Waals surface area contributed by atoms with E-state index in [1.807, 2.05) is 0 Å². The zero-order valence-electron chi connectivity index (χ0n) is 9.15. The molecule has 2 aliphatic heterocycles. The first-order valence-corrected chi connectivity index (χ1v) is 5.84. The van der Waals surface area contributed by atoms with Gasteiger partial charge in [-0.25, -0.2) is 0 Å². The van der Waals surface area contributed by atoms with Crippen molar-refractivity contribution in [1.82, 2.24) is 25.0 Å². The van der Waals surface area contributed by atoms with Gasteiger partial charge in [-0.2, -0.15) is 4.52 Å². The Hall–Kier alpha value is -1.76. The number of ether oxygens (including phenoxy) is 1. The third kappa shape index (κ3) is 1.39. The van der Waals surface area contributed by atoms with Gasteiger partial charge in [0.2, 0.25) is 0 Å². The molecule has 0 aliphatic carbocycles. The Morgan fingerprint density at radius 1 is 1.35 bits per heavy atom. The smallest absolute Gasteiger partial charge is 0.199 e. The van der Waals surface area contributed by atoms with E-state index in [9.17, 15) is 0 Å². The molecule has 2 saturated heterocycles. The largest absolute Gasteiger partial charge is 0.373 e. The van der Waals surface area contributed by atoms with Gasteiger partial charge in [0.05, 0.1) is 30.6 Å². The highest BCUT2D eigenvalue weighted by atomic mass is 16.5. The van der Waals surface area contributed by atoms with Crippen LogP contribution in [0.4, 0.5) is 5.82 Å². The summed E-state index contributed by atoms with van der Waals surface area (Å²) < 4.78 is 7.47. The summed E-state index contributed by atoms with van der Waals surface area (Å²) in [5.41, 5.74) is 0.652. The van der Waals surface area contributed by atoms with Crippen LogP contribution in [0.3, 0.4) is 0 Å². The highest BCUT2D eigenvalue weighted by Crippen LogP contribution is 2.35. The normalized spacial score (nSPS) is 31.2. The van der Waals surface area contributed by atoms with Crippen LogP contribution in [0, 0.1) is 0 Å². The first kappa shape index (κ1) is 9.29.